The summed E-state index contributed by atoms with van der Waals surface area (Å²) in [5.74, 6) is -1.27. The van der Waals surface area contributed by atoms with Gasteiger partial charge in [0.1, 0.15) is 5.01 Å². The quantitative estimate of drug-likeness (QED) is 0.292. The molecule has 1 unspecified atom stereocenters. The van der Waals surface area contributed by atoms with Crippen molar-refractivity contribution in [2.75, 3.05) is 38.6 Å². The number of sulfonamides is 1. The van der Waals surface area contributed by atoms with Crippen LogP contribution in [-0.4, -0.2) is 77.1 Å². The first kappa shape index (κ1) is 28.6. The number of nitrogens with one attached hydrogen (secondary N) is 1. The van der Waals surface area contributed by atoms with Crippen LogP contribution in [0.2, 0.25) is 0 Å². The number of amides is 2. The number of nitrogens with two attached hydrogens (primary N) is 1. The average Bonchev–Trinajstić information content (AvgIpc) is 3.65. The van der Waals surface area contributed by atoms with Crippen LogP contribution >= 0.6 is 11.3 Å². The lowest BCUT2D eigenvalue weighted by molar-refractivity contribution is -0.124. The van der Waals surface area contributed by atoms with Crippen LogP contribution in [0.3, 0.4) is 0 Å². The van der Waals surface area contributed by atoms with Gasteiger partial charge in [-0.2, -0.15) is 0 Å². The Bertz CT molecular complexity index is 1600. The minimum atomic E-state index is -3.83. The first-order valence-electron chi connectivity index (χ1n) is 12.9. The molecule has 40 heavy (non-hydrogen) atoms. The Morgan fingerprint density at radius 3 is 2.40 bits per heavy atom. The highest BCUT2D eigenvalue weighted by atomic mass is 32.2. The van der Waals surface area contributed by atoms with Gasteiger partial charge in [-0.1, -0.05) is 31.0 Å². The predicted molar refractivity (Wildman–Crippen MR) is 152 cm³/mol. The number of rotatable bonds is 10. The van der Waals surface area contributed by atoms with Crippen molar-refractivity contribution < 1.29 is 31.2 Å². The van der Waals surface area contributed by atoms with E-state index < -0.39 is 37.1 Å². The second kappa shape index (κ2) is 11.5. The molecule has 1 atom stereocenters. The van der Waals surface area contributed by atoms with E-state index in [2.05, 4.69) is 10.3 Å². The molecule has 5 rings (SSSR count). The number of thiol groups is 1. The van der Waals surface area contributed by atoms with Crippen molar-refractivity contribution in [3.8, 4) is 11.1 Å². The number of hydrogen-bond acceptors (Lipinski definition) is 9. The SMILES string of the molecule is NS(=O)(=O)CCNC(=O)C(CC1CC1)(c1nc2ccc(-c3ccc(C(=O)N4CCOCC4)cc3)cc2s1)[SH](=O)=O. The Morgan fingerprint density at radius 1 is 1.10 bits per heavy atom. The lowest BCUT2D eigenvalue weighted by Crippen LogP contribution is -2.47. The van der Waals surface area contributed by atoms with Gasteiger partial charge in [0.05, 0.1) is 29.2 Å². The molecule has 3 N–H and O–H groups in total. The maximum Gasteiger partial charge on any atom is 0.254 e. The number of carbonyl (C=O) groups is 2. The maximum absolute atomic E-state index is 13.3. The molecule has 14 heteroatoms. The summed E-state index contributed by atoms with van der Waals surface area (Å²) in [6, 6.07) is 12.8. The first-order valence-corrected chi connectivity index (χ1v) is 16.6. The Balaban J connectivity index is 1.43. The van der Waals surface area contributed by atoms with Gasteiger partial charge in [-0.05, 0) is 47.7 Å². The van der Waals surface area contributed by atoms with Gasteiger partial charge < -0.3 is 15.0 Å². The minimum Gasteiger partial charge on any atom is -0.378 e. The lowest BCUT2D eigenvalue weighted by atomic mass is 10.0. The Morgan fingerprint density at radius 2 is 1.77 bits per heavy atom. The summed E-state index contributed by atoms with van der Waals surface area (Å²) in [6.07, 6.45) is 1.71. The molecule has 2 amide bonds. The lowest BCUT2D eigenvalue weighted by Gasteiger charge is -2.26. The number of fused-ring (bicyclic) bond motifs is 1. The molecule has 11 nitrogen and oxygen atoms in total. The Kier molecular flexibility index (Phi) is 8.25. The summed E-state index contributed by atoms with van der Waals surface area (Å²) >= 11 is 1.13. The van der Waals surface area contributed by atoms with Crippen molar-refractivity contribution in [3.63, 3.8) is 0 Å². The van der Waals surface area contributed by atoms with E-state index in [4.69, 9.17) is 9.88 Å². The Labute approximate surface area is 237 Å². The zero-order valence-electron chi connectivity index (χ0n) is 21.6. The number of benzene rings is 2. The molecular formula is C26H30N4O7S3. The van der Waals surface area contributed by atoms with E-state index in [0.29, 0.717) is 42.1 Å². The molecule has 1 aromatic heterocycles. The van der Waals surface area contributed by atoms with Crippen LogP contribution in [0.5, 0.6) is 0 Å². The molecule has 2 fully saturated rings. The zero-order valence-corrected chi connectivity index (χ0v) is 24.1. The van der Waals surface area contributed by atoms with Crippen molar-refractivity contribution in [1.29, 1.82) is 0 Å². The third-order valence-electron chi connectivity index (χ3n) is 7.15. The number of primary sulfonamides is 1. The summed E-state index contributed by atoms with van der Waals surface area (Å²) in [4.78, 5) is 32.4. The molecule has 0 spiro atoms. The molecule has 3 aromatic rings. The van der Waals surface area contributed by atoms with Crippen LogP contribution < -0.4 is 10.5 Å². The second-order valence-electron chi connectivity index (χ2n) is 10.1. The number of ether oxygens (including phenoxy) is 1. The monoisotopic (exact) mass is 606 g/mol. The van der Waals surface area contributed by atoms with Gasteiger partial charge in [0, 0.05) is 25.2 Å². The van der Waals surface area contributed by atoms with Gasteiger partial charge in [-0.25, -0.2) is 27.0 Å². The largest absolute Gasteiger partial charge is 0.378 e. The number of aromatic nitrogens is 1. The van der Waals surface area contributed by atoms with E-state index in [-0.39, 0.29) is 29.8 Å². The summed E-state index contributed by atoms with van der Waals surface area (Å²) in [5, 5.41) is 7.64. The number of hydrogen-bond donors (Lipinski definition) is 3. The van der Waals surface area contributed by atoms with E-state index in [1.165, 1.54) is 0 Å². The highest BCUT2D eigenvalue weighted by Crippen LogP contribution is 2.45. The van der Waals surface area contributed by atoms with Crippen LogP contribution in [0.25, 0.3) is 21.3 Å². The van der Waals surface area contributed by atoms with Gasteiger partial charge in [0.2, 0.25) is 15.9 Å². The number of carbonyl (C=O) groups excluding carboxylic acids is 2. The van der Waals surface area contributed by atoms with Crippen molar-refractivity contribution in [3.05, 3.63) is 53.0 Å². The fourth-order valence-corrected chi connectivity index (χ4v) is 7.45. The van der Waals surface area contributed by atoms with Gasteiger partial charge in [-0.15, -0.1) is 11.3 Å². The van der Waals surface area contributed by atoms with Gasteiger partial charge in [-0.3, -0.25) is 9.59 Å². The van der Waals surface area contributed by atoms with Gasteiger partial charge in [0.15, 0.2) is 15.5 Å². The van der Waals surface area contributed by atoms with Crippen LogP contribution in [0, 0.1) is 5.92 Å². The van der Waals surface area contributed by atoms with Crippen molar-refractivity contribution in [1.82, 2.24) is 15.2 Å². The highest BCUT2D eigenvalue weighted by Gasteiger charge is 2.50. The standard InChI is InChI=1S/C26H30N4O7S3/c27-40(35,36)14-9-28-24(32)26(39(33)34,16-17-1-2-17)25-29-21-8-7-20(15-22(21)38-25)18-3-5-19(6-4-18)23(31)30-10-12-37-13-11-30/h3-8,15,17,39H,1-2,9-14,16H2,(H,28,32)(H2,27,35,36). The summed E-state index contributed by atoms with van der Waals surface area (Å²) in [6.45, 7) is 1.88. The molecule has 1 aliphatic carbocycles. The summed E-state index contributed by atoms with van der Waals surface area (Å²) in [5.41, 5.74) is 2.86. The molecule has 0 radical (unpaired) electrons. The molecule has 1 saturated heterocycles. The summed E-state index contributed by atoms with van der Waals surface area (Å²) < 4.78 is 52.2. The third kappa shape index (κ3) is 6.20. The number of morpholine rings is 1. The zero-order chi connectivity index (χ0) is 28.5. The molecule has 0 bridgehead atoms. The number of thiazole rings is 1. The highest BCUT2D eigenvalue weighted by molar-refractivity contribution is 7.89. The molecular weight excluding hydrogens is 577 g/mol. The minimum absolute atomic E-state index is 0.0431. The van der Waals surface area contributed by atoms with Crippen LogP contribution in [-0.2, 0) is 35.0 Å². The first-order chi connectivity index (χ1) is 19.1. The normalized spacial score (nSPS) is 17.6. The van der Waals surface area contributed by atoms with E-state index in [0.717, 1.165) is 35.3 Å². The third-order valence-corrected chi connectivity index (χ3v) is 10.5. The molecule has 1 aliphatic heterocycles. The fourth-order valence-electron chi connectivity index (χ4n) is 4.74. The molecule has 2 aliphatic rings. The van der Waals surface area contributed by atoms with Gasteiger partial charge in [0.25, 0.3) is 5.91 Å². The van der Waals surface area contributed by atoms with Crippen molar-refractivity contribution in [2.24, 2.45) is 11.1 Å². The molecule has 1 saturated carbocycles. The van der Waals surface area contributed by atoms with E-state index >= 15 is 0 Å². The van der Waals surface area contributed by atoms with Crippen molar-refractivity contribution >= 4 is 54.1 Å². The topological polar surface area (TPSA) is 166 Å². The molecule has 2 heterocycles. The molecule has 214 valence electrons. The van der Waals surface area contributed by atoms with Gasteiger partial charge >= 0.3 is 0 Å². The predicted octanol–water partition coefficient (Wildman–Crippen LogP) is 1.45. The fraction of sp³-hybridized carbons (Fsp3) is 0.423. The average molecular weight is 607 g/mol. The van der Waals surface area contributed by atoms with E-state index in [1.807, 2.05) is 24.3 Å². The van der Waals surface area contributed by atoms with E-state index in [9.17, 15) is 26.4 Å². The van der Waals surface area contributed by atoms with Crippen LogP contribution in [0.1, 0.15) is 34.6 Å². The summed E-state index contributed by atoms with van der Waals surface area (Å²) in [7, 11) is -7.12. The second-order valence-corrected chi connectivity index (χ2v) is 14.1. The van der Waals surface area contributed by atoms with Crippen molar-refractivity contribution in [2.45, 2.75) is 24.0 Å². The van der Waals surface area contributed by atoms with Crippen LogP contribution in [0.4, 0.5) is 0 Å². The van der Waals surface area contributed by atoms with E-state index in [1.54, 1.807) is 23.1 Å². The van der Waals surface area contributed by atoms with Crippen LogP contribution in [0.15, 0.2) is 42.5 Å². The number of nitrogens with zero attached hydrogens (tertiary/aromatic N) is 2. The maximum atomic E-state index is 13.3. The molecule has 2 aromatic carbocycles. The smallest absolute Gasteiger partial charge is 0.254 e. The Hall–Kier alpha value is -2.91.